The molecular formula is C37H39N9O7S. The second-order valence-corrected chi connectivity index (χ2v) is 16.3. The standard InChI is InChI=1S/C37H39N9O7S/c47-32(22-14-15-40-41-18-22)42-29-11-5-3-1-2-4-8-23-17-37(23,36(50)45-54(51,52)25-12-13-25)44-33(48)30-16-24(20-46(30)35(29)49)53-34-27-10-7-6-9-26(27)28-19-38-21-39-31(28)43-34/h4,6-10,14-15,18-19,21,23-25,29-30H,1-3,5,11-13,16-17,20H2,(H,42,47)(H,44,48)(H,45,50)/b8-4-/t23-,24-,29+,30+,37-/m1/s1. The molecule has 280 valence electrons. The Balaban J connectivity index is 1.12. The highest BCUT2D eigenvalue weighted by Crippen LogP contribution is 2.46. The molecule has 3 aromatic heterocycles. The van der Waals surface area contributed by atoms with Crippen molar-refractivity contribution in [3.63, 3.8) is 0 Å². The van der Waals surface area contributed by atoms with Gasteiger partial charge in [-0.3, -0.25) is 23.9 Å². The van der Waals surface area contributed by atoms with E-state index in [2.05, 4.69) is 40.5 Å². The van der Waals surface area contributed by atoms with Crippen molar-refractivity contribution in [2.75, 3.05) is 6.54 Å². The minimum atomic E-state index is -3.90. The largest absolute Gasteiger partial charge is 0.472 e. The van der Waals surface area contributed by atoms with E-state index in [-0.39, 0.29) is 30.8 Å². The summed E-state index contributed by atoms with van der Waals surface area (Å²) in [5, 5.41) is 14.9. The number of nitrogens with one attached hydrogen (secondary N) is 3. The number of carbonyl (C=O) groups is 4. The minimum Gasteiger partial charge on any atom is -0.472 e. The van der Waals surface area contributed by atoms with Crippen LogP contribution in [0, 0.1) is 5.92 Å². The Kier molecular flexibility index (Phi) is 9.41. The Morgan fingerprint density at radius 3 is 2.61 bits per heavy atom. The van der Waals surface area contributed by atoms with E-state index in [1.807, 2.05) is 36.4 Å². The summed E-state index contributed by atoms with van der Waals surface area (Å²) < 4.78 is 34.4. The lowest BCUT2D eigenvalue weighted by molar-refractivity contribution is -0.141. The fourth-order valence-corrected chi connectivity index (χ4v) is 8.79. The van der Waals surface area contributed by atoms with Crippen LogP contribution >= 0.6 is 0 Å². The van der Waals surface area contributed by atoms with Crippen LogP contribution in [0.2, 0.25) is 0 Å². The number of pyridine rings is 1. The molecule has 5 heterocycles. The average molecular weight is 754 g/mol. The lowest BCUT2D eigenvalue weighted by Crippen LogP contribution is -2.58. The van der Waals surface area contributed by atoms with Crippen LogP contribution < -0.4 is 20.1 Å². The molecule has 4 amide bonds. The molecule has 0 bridgehead atoms. The molecule has 17 heteroatoms. The Hall–Kier alpha value is -5.58. The molecule has 0 spiro atoms. The van der Waals surface area contributed by atoms with Crippen LogP contribution in [0.1, 0.15) is 68.1 Å². The summed E-state index contributed by atoms with van der Waals surface area (Å²) in [7, 11) is -3.90. The lowest BCUT2D eigenvalue weighted by Gasteiger charge is -2.30. The monoisotopic (exact) mass is 753 g/mol. The van der Waals surface area contributed by atoms with Gasteiger partial charge in [0.25, 0.3) is 11.8 Å². The maximum atomic E-state index is 14.6. The molecule has 4 aromatic rings. The van der Waals surface area contributed by atoms with E-state index in [1.165, 1.54) is 29.7 Å². The van der Waals surface area contributed by atoms with Gasteiger partial charge in [0.15, 0.2) is 5.65 Å². The summed E-state index contributed by atoms with van der Waals surface area (Å²) in [5.41, 5.74) is -0.875. The van der Waals surface area contributed by atoms with Crippen LogP contribution in [0.25, 0.3) is 21.8 Å². The number of rotatable bonds is 7. The summed E-state index contributed by atoms with van der Waals surface area (Å²) in [4.78, 5) is 70.6. The van der Waals surface area contributed by atoms with Crippen molar-refractivity contribution in [2.45, 2.75) is 86.8 Å². The van der Waals surface area contributed by atoms with Gasteiger partial charge in [-0.1, -0.05) is 43.2 Å². The van der Waals surface area contributed by atoms with Gasteiger partial charge >= 0.3 is 0 Å². The van der Waals surface area contributed by atoms with Crippen molar-refractivity contribution in [1.82, 2.24) is 45.4 Å². The zero-order valence-electron chi connectivity index (χ0n) is 29.3. The van der Waals surface area contributed by atoms with E-state index < -0.39 is 68.5 Å². The van der Waals surface area contributed by atoms with Crippen molar-refractivity contribution in [1.29, 1.82) is 0 Å². The third-order valence-electron chi connectivity index (χ3n) is 10.6. The van der Waals surface area contributed by atoms with Crippen LogP contribution in [0.5, 0.6) is 5.88 Å². The van der Waals surface area contributed by atoms with E-state index >= 15 is 0 Å². The Morgan fingerprint density at radius 2 is 1.81 bits per heavy atom. The second kappa shape index (κ2) is 14.3. The second-order valence-electron chi connectivity index (χ2n) is 14.4. The van der Waals surface area contributed by atoms with E-state index in [0.717, 1.165) is 23.6 Å². The van der Waals surface area contributed by atoms with Gasteiger partial charge in [-0.15, -0.1) is 0 Å². The molecule has 1 saturated heterocycles. The molecule has 2 aliphatic heterocycles. The number of hydrogen-bond donors (Lipinski definition) is 3. The third-order valence-corrected chi connectivity index (χ3v) is 12.4. The van der Waals surface area contributed by atoms with Gasteiger partial charge < -0.3 is 20.3 Å². The first kappa shape index (κ1) is 35.4. The lowest BCUT2D eigenvalue weighted by atomic mass is 10.0. The Bertz CT molecular complexity index is 2270. The normalized spacial score (nSPS) is 26.8. The van der Waals surface area contributed by atoms with Gasteiger partial charge in [-0.05, 0) is 56.0 Å². The highest BCUT2D eigenvalue weighted by Gasteiger charge is 2.62. The summed E-state index contributed by atoms with van der Waals surface area (Å²) in [6, 6.07) is 6.87. The number of carbonyl (C=O) groups excluding carboxylic acids is 4. The van der Waals surface area contributed by atoms with E-state index in [4.69, 9.17) is 4.74 Å². The molecule has 0 radical (unpaired) electrons. The first-order valence-corrected chi connectivity index (χ1v) is 19.8. The zero-order chi connectivity index (χ0) is 37.5. The van der Waals surface area contributed by atoms with Crippen molar-refractivity contribution < 1.29 is 32.3 Å². The predicted molar refractivity (Wildman–Crippen MR) is 194 cm³/mol. The number of allylic oxidation sites excluding steroid dienone is 1. The molecular weight excluding hydrogens is 715 g/mol. The van der Waals surface area contributed by atoms with Gasteiger partial charge in [-0.25, -0.2) is 18.4 Å². The van der Waals surface area contributed by atoms with Gasteiger partial charge in [0.1, 0.15) is 30.1 Å². The van der Waals surface area contributed by atoms with Crippen LogP contribution in [-0.2, 0) is 24.4 Å². The van der Waals surface area contributed by atoms with E-state index in [0.29, 0.717) is 43.1 Å². The zero-order valence-corrected chi connectivity index (χ0v) is 30.1. The predicted octanol–water partition coefficient (Wildman–Crippen LogP) is 2.12. The van der Waals surface area contributed by atoms with Gasteiger partial charge in [0.2, 0.25) is 27.7 Å². The first-order valence-electron chi connectivity index (χ1n) is 18.2. The van der Waals surface area contributed by atoms with Crippen molar-refractivity contribution >= 4 is 55.5 Å². The third kappa shape index (κ3) is 7.07. The van der Waals surface area contributed by atoms with Gasteiger partial charge in [-0.2, -0.15) is 15.2 Å². The number of aromatic nitrogens is 5. The fourth-order valence-electron chi connectivity index (χ4n) is 7.42. The molecule has 3 fully saturated rings. The molecule has 2 saturated carbocycles. The van der Waals surface area contributed by atoms with Crippen molar-refractivity contribution in [2.24, 2.45) is 5.92 Å². The number of fused-ring (bicyclic) bond motifs is 5. The molecule has 1 aromatic carbocycles. The first-order chi connectivity index (χ1) is 26.1. The summed E-state index contributed by atoms with van der Waals surface area (Å²) >= 11 is 0. The molecule has 3 N–H and O–H groups in total. The quantitative estimate of drug-likeness (QED) is 0.183. The van der Waals surface area contributed by atoms with Crippen LogP contribution in [0.4, 0.5) is 0 Å². The molecule has 8 rings (SSSR count). The van der Waals surface area contributed by atoms with Gasteiger partial charge in [0.05, 0.1) is 29.8 Å². The highest BCUT2D eigenvalue weighted by molar-refractivity contribution is 7.91. The van der Waals surface area contributed by atoms with E-state index in [1.54, 1.807) is 6.20 Å². The average Bonchev–Trinajstić information content (AvgIpc) is 4.11. The summed E-state index contributed by atoms with van der Waals surface area (Å²) in [5.74, 6) is -2.60. The maximum absolute atomic E-state index is 14.6. The Morgan fingerprint density at radius 1 is 0.981 bits per heavy atom. The van der Waals surface area contributed by atoms with Crippen LogP contribution in [0.15, 0.2) is 67.4 Å². The minimum absolute atomic E-state index is 0.0307. The van der Waals surface area contributed by atoms with Gasteiger partial charge in [0, 0.05) is 29.3 Å². The van der Waals surface area contributed by atoms with E-state index in [9.17, 15) is 27.6 Å². The molecule has 5 atom stereocenters. The smallest absolute Gasteiger partial charge is 0.259 e. The summed E-state index contributed by atoms with van der Waals surface area (Å²) in [6.45, 7) is -0.0312. The molecule has 54 heavy (non-hydrogen) atoms. The molecule has 2 aliphatic carbocycles. The van der Waals surface area contributed by atoms with Crippen molar-refractivity contribution in [3.05, 3.63) is 73.0 Å². The number of benzene rings is 1. The Labute approximate surface area is 310 Å². The number of amides is 4. The van der Waals surface area contributed by atoms with Crippen LogP contribution in [-0.4, -0.2) is 97.6 Å². The molecule has 0 unspecified atom stereocenters. The number of hydrogen-bond acceptors (Lipinski definition) is 12. The fraction of sp³-hybridized carbons (Fsp3) is 0.432. The number of ether oxygens (including phenoxy) is 1. The number of nitrogens with zero attached hydrogens (tertiary/aromatic N) is 6. The summed E-state index contributed by atoms with van der Waals surface area (Å²) in [6.07, 6.45) is 13.2. The SMILES string of the molecule is O=C(N[C@H]1CCCCC/C=C\[C@@H]2C[C@@]2(C(=O)NS(=O)(=O)C2CC2)NC(=O)[C@@H]2C[C@@H](Oc3nc4ncncc4c4ccccc34)CN2C1=O)c1ccnnc1. The molecule has 4 aliphatic rings. The highest BCUT2D eigenvalue weighted by atomic mass is 32.2. The van der Waals surface area contributed by atoms with Crippen LogP contribution in [0.3, 0.4) is 0 Å². The topological polar surface area (TPSA) is 215 Å². The maximum Gasteiger partial charge on any atom is 0.259 e. The van der Waals surface area contributed by atoms with Crippen molar-refractivity contribution in [3.8, 4) is 5.88 Å². The number of sulfonamides is 1. The molecule has 16 nitrogen and oxygen atoms in total.